The fraction of sp³-hybridized carbons (Fsp3) is 0.833. The summed E-state index contributed by atoms with van der Waals surface area (Å²) in [6.45, 7) is 4.98. The Bertz CT molecular complexity index is 281. The van der Waals surface area contributed by atoms with Crippen LogP contribution in [0.5, 0.6) is 0 Å². The van der Waals surface area contributed by atoms with Gasteiger partial charge in [0.25, 0.3) is 0 Å². The normalized spacial score (nSPS) is 21.4. The molecule has 17 heavy (non-hydrogen) atoms. The topological polar surface area (TPSA) is 69.6 Å². The van der Waals surface area contributed by atoms with Gasteiger partial charge in [0.2, 0.25) is 11.8 Å². The van der Waals surface area contributed by atoms with Gasteiger partial charge in [0.1, 0.15) is 0 Å². The Hall–Kier alpha value is -1.10. The van der Waals surface area contributed by atoms with Gasteiger partial charge >= 0.3 is 0 Å². The number of hydrogen-bond donors (Lipinski definition) is 2. The number of nitrogens with zero attached hydrogens (tertiary/aromatic N) is 1. The average molecular weight is 242 g/mol. The number of carbonyl (C=O) groups excluding carboxylic acids is 2. The molecule has 1 aliphatic heterocycles. The monoisotopic (exact) mass is 242 g/mol. The van der Waals surface area contributed by atoms with Gasteiger partial charge in [-0.2, -0.15) is 0 Å². The number of aliphatic hydroxyl groups is 1. The van der Waals surface area contributed by atoms with E-state index in [0.29, 0.717) is 26.1 Å². The van der Waals surface area contributed by atoms with Crippen LogP contribution >= 0.6 is 0 Å². The number of amides is 2. The summed E-state index contributed by atoms with van der Waals surface area (Å²) in [5.74, 6) is -0.150. The standard InChI is InChI=1S/C12H22N2O3/c1-3-4-11(16)7-13-12(17)10-5-6-14(8-10)9(2)15/h10-11,16H,3-8H2,1-2H3,(H,13,17). The molecule has 1 fully saturated rings. The summed E-state index contributed by atoms with van der Waals surface area (Å²) in [5.41, 5.74) is 0. The van der Waals surface area contributed by atoms with E-state index in [-0.39, 0.29) is 17.7 Å². The summed E-state index contributed by atoms with van der Waals surface area (Å²) < 4.78 is 0. The maximum Gasteiger partial charge on any atom is 0.225 e. The van der Waals surface area contributed by atoms with Crippen molar-refractivity contribution in [3.8, 4) is 0 Å². The van der Waals surface area contributed by atoms with Crippen molar-refractivity contribution >= 4 is 11.8 Å². The molecule has 0 aromatic carbocycles. The molecule has 0 aliphatic carbocycles. The zero-order chi connectivity index (χ0) is 12.8. The molecule has 2 atom stereocenters. The molecule has 0 spiro atoms. The third-order valence-electron chi connectivity index (χ3n) is 3.14. The molecule has 0 aromatic heterocycles. The van der Waals surface area contributed by atoms with Gasteiger partial charge in [0.15, 0.2) is 0 Å². The van der Waals surface area contributed by atoms with Crippen LogP contribution in [0.25, 0.3) is 0 Å². The second-order valence-corrected chi connectivity index (χ2v) is 4.64. The summed E-state index contributed by atoms with van der Waals surface area (Å²) >= 11 is 0. The van der Waals surface area contributed by atoms with Crippen LogP contribution in [0.15, 0.2) is 0 Å². The highest BCUT2D eigenvalue weighted by Gasteiger charge is 2.29. The van der Waals surface area contributed by atoms with Crippen LogP contribution in [0.2, 0.25) is 0 Å². The molecule has 5 nitrogen and oxygen atoms in total. The Kier molecular flexibility index (Phi) is 5.41. The first kappa shape index (κ1) is 14.0. The third-order valence-corrected chi connectivity index (χ3v) is 3.14. The summed E-state index contributed by atoms with van der Waals surface area (Å²) in [4.78, 5) is 24.6. The number of likely N-dealkylation sites (tertiary alicyclic amines) is 1. The number of nitrogens with one attached hydrogen (secondary N) is 1. The van der Waals surface area contributed by atoms with Crippen molar-refractivity contribution in [3.63, 3.8) is 0 Å². The van der Waals surface area contributed by atoms with E-state index in [1.54, 1.807) is 4.90 Å². The first-order valence-electron chi connectivity index (χ1n) is 6.25. The van der Waals surface area contributed by atoms with E-state index >= 15 is 0 Å². The molecule has 5 heteroatoms. The fourth-order valence-electron chi connectivity index (χ4n) is 2.06. The first-order valence-corrected chi connectivity index (χ1v) is 6.25. The lowest BCUT2D eigenvalue weighted by atomic mass is 10.1. The molecule has 2 amide bonds. The highest BCUT2D eigenvalue weighted by atomic mass is 16.3. The minimum Gasteiger partial charge on any atom is -0.391 e. The van der Waals surface area contributed by atoms with Crippen LogP contribution in [0, 0.1) is 5.92 Å². The quantitative estimate of drug-likeness (QED) is 0.720. The molecule has 0 aromatic rings. The SMILES string of the molecule is CCCC(O)CNC(=O)C1CCN(C(C)=O)C1. The molecule has 98 valence electrons. The van der Waals surface area contributed by atoms with Crippen LogP contribution in [0.3, 0.4) is 0 Å². The van der Waals surface area contributed by atoms with Gasteiger partial charge in [-0.1, -0.05) is 13.3 Å². The van der Waals surface area contributed by atoms with Crippen molar-refractivity contribution in [2.24, 2.45) is 5.92 Å². The largest absolute Gasteiger partial charge is 0.391 e. The lowest BCUT2D eigenvalue weighted by Crippen LogP contribution is -2.37. The van der Waals surface area contributed by atoms with E-state index in [4.69, 9.17) is 0 Å². The van der Waals surface area contributed by atoms with E-state index in [0.717, 1.165) is 12.8 Å². The van der Waals surface area contributed by atoms with Gasteiger partial charge in [-0.05, 0) is 12.8 Å². The average Bonchev–Trinajstić information content (AvgIpc) is 2.75. The van der Waals surface area contributed by atoms with E-state index in [2.05, 4.69) is 5.32 Å². The lowest BCUT2D eigenvalue weighted by molar-refractivity contribution is -0.128. The van der Waals surface area contributed by atoms with Crippen molar-refractivity contribution in [1.29, 1.82) is 0 Å². The van der Waals surface area contributed by atoms with E-state index in [1.807, 2.05) is 6.92 Å². The highest BCUT2D eigenvalue weighted by molar-refractivity contribution is 5.81. The Morgan fingerprint density at radius 3 is 2.76 bits per heavy atom. The van der Waals surface area contributed by atoms with Crippen LogP contribution in [-0.2, 0) is 9.59 Å². The second kappa shape index (κ2) is 6.59. The number of hydrogen-bond acceptors (Lipinski definition) is 3. The molecule has 2 unspecified atom stereocenters. The van der Waals surface area contributed by atoms with Crippen molar-refractivity contribution in [2.45, 2.75) is 39.2 Å². The van der Waals surface area contributed by atoms with Crippen LogP contribution < -0.4 is 5.32 Å². The Labute approximate surface area is 102 Å². The molecule has 0 bridgehead atoms. The second-order valence-electron chi connectivity index (χ2n) is 4.64. The first-order chi connectivity index (χ1) is 8.04. The van der Waals surface area contributed by atoms with Gasteiger partial charge in [0.05, 0.1) is 12.0 Å². The zero-order valence-electron chi connectivity index (χ0n) is 10.6. The van der Waals surface area contributed by atoms with Crippen molar-refractivity contribution < 1.29 is 14.7 Å². The van der Waals surface area contributed by atoms with Crippen LogP contribution in [0.4, 0.5) is 0 Å². The summed E-state index contributed by atoms with van der Waals surface area (Å²) in [5, 5.41) is 12.2. The van der Waals surface area contributed by atoms with E-state index in [1.165, 1.54) is 6.92 Å². The Morgan fingerprint density at radius 1 is 1.53 bits per heavy atom. The summed E-state index contributed by atoms with van der Waals surface area (Å²) in [6.07, 6.45) is 1.85. The summed E-state index contributed by atoms with van der Waals surface area (Å²) in [6, 6.07) is 0. The lowest BCUT2D eigenvalue weighted by Gasteiger charge is -2.15. The smallest absolute Gasteiger partial charge is 0.225 e. The van der Waals surface area contributed by atoms with Crippen molar-refractivity contribution in [1.82, 2.24) is 10.2 Å². The van der Waals surface area contributed by atoms with Gasteiger partial charge in [-0.25, -0.2) is 0 Å². The molecule has 0 radical (unpaired) electrons. The molecule has 1 rings (SSSR count). The molecule has 1 saturated heterocycles. The van der Waals surface area contributed by atoms with E-state index in [9.17, 15) is 14.7 Å². The molecule has 2 N–H and O–H groups in total. The number of carbonyl (C=O) groups is 2. The minimum absolute atomic E-state index is 0.0197. The highest BCUT2D eigenvalue weighted by Crippen LogP contribution is 2.16. The fourth-order valence-corrected chi connectivity index (χ4v) is 2.06. The van der Waals surface area contributed by atoms with Gasteiger partial charge in [-0.15, -0.1) is 0 Å². The molecular weight excluding hydrogens is 220 g/mol. The van der Waals surface area contributed by atoms with Crippen molar-refractivity contribution in [2.75, 3.05) is 19.6 Å². The van der Waals surface area contributed by atoms with Crippen LogP contribution in [-0.4, -0.2) is 47.6 Å². The maximum absolute atomic E-state index is 11.8. The number of aliphatic hydroxyl groups excluding tert-OH is 1. The predicted molar refractivity (Wildman–Crippen MR) is 64.3 cm³/mol. The number of rotatable bonds is 5. The van der Waals surface area contributed by atoms with Gasteiger partial charge < -0.3 is 15.3 Å². The van der Waals surface area contributed by atoms with Crippen LogP contribution in [0.1, 0.15) is 33.1 Å². The van der Waals surface area contributed by atoms with Crippen molar-refractivity contribution in [3.05, 3.63) is 0 Å². The predicted octanol–water partition coefficient (Wildman–Crippen LogP) is 0.132. The van der Waals surface area contributed by atoms with Gasteiger partial charge in [-0.3, -0.25) is 9.59 Å². The molecule has 0 saturated carbocycles. The third kappa shape index (κ3) is 4.34. The molecule has 1 aliphatic rings. The Balaban J connectivity index is 2.27. The van der Waals surface area contributed by atoms with E-state index < -0.39 is 6.10 Å². The molecular formula is C12H22N2O3. The minimum atomic E-state index is -0.464. The van der Waals surface area contributed by atoms with Gasteiger partial charge in [0, 0.05) is 26.6 Å². The maximum atomic E-state index is 11.8. The molecule has 1 heterocycles. The summed E-state index contributed by atoms with van der Waals surface area (Å²) in [7, 11) is 0. The zero-order valence-corrected chi connectivity index (χ0v) is 10.6. The Morgan fingerprint density at radius 2 is 2.24 bits per heavy atom.